The van der Waals surface area contributed by atoms with E-state index in [1.807, 2.05) is 12.3 Å². The van der Waals surface area contributed by atoms with Crippen LogP contribution in [0.3, 0.4) is 0 Å². The highest BCUT2D eigenvalue weighted by Crippen LogP contribution is 2.17. The zero-order valence-corrected chi connectivity index (χ0v) is 12.3. The molecule has 2 aromatic carbocycles. The van der Waals surface area contributed by atoms with Crippen LogP contribution in [0.1, 0.15) is 0 Å². The molecule has 0 amide bonds. The molecule has 3 rings (SSSR count). The van der Waals surface area contributed by atoms with Gasteiger partial charge in [0.15, 0.2) is 5.36 Å². The number of benzene rings is 1. The summed E-state index contributed by atoms with van der Waals surface area (Å²) in [6, 6.07) is 7.91. The molecule has 110 valence electrons. The lowest BCUT2D eigenvalue weighted by Crippen LogP contribution is -2.32. The van der Waals surface area contributed by atoms with Crippen LogP contribution < -0.4 is 21.6 Å². The van der Waals surface area contributed by atoms with Crippen molar-refractivity contribution >= 4 is 28.4 Å². The third-order valence-corrected chi connectivity index (χ3v) is 3.91. The molecule has 0 saturated carbocycles. The summed E-state index contributed by atoms with van der Waals surface area (Å²) >= 11 is 1.55. The van der Waals surface area contributed by atoms with Crippen LogP contribution >= 0.6 is 11.8 Å². The first-order valence-electron chi connectivity index (χ1n) is 6.37. The molecular formula is C15H11N3O3S. The molecule has 0 aliphatic rings. The number of phenolic OH excluding ortho intramolecular Hbond substituents is 1. The number of rotatable bonds is 3. The molecule has 3 aromatic rings. The third-order valence-electron chi connectivity index (χ3n) is 3.20. The minimum absolute atomic E-state index is 0.00117. The van der Waals surface area contributed by atoms with E-state index in [1.165, 1.54) is 18.2 Å². The molecule has 1 aromatic heterocycles. The molecule has 0 unspecified atom stereocenters. The number of hydrogen-bond donors (Lipinski definition) is 2. The highest BCUT2D eigenvalue weighted by molar-refractivity contribution is 7.98. The molecule has 22 heavy (non-hydrogen) atoms. The summed E-state index contributed by atoms with van der Waals surface area (Å²) < 4.78 is 0. The second kappa shape index (κ2) is 5.61. The maximum Gasteiger partial charge on any atom is 0.221 e. The predicted molar refractivity (Wildman–Crippen MR) is 85.7 cm³/mol. The second-order valence-electron chi connectivity index (χ2n) is 4.51. The Labute approximate surface area is 128 Å². The fourth-order valence-corrected chi connectivity index (χ4v) is 2.46. The van der Waals surface area contributed by atoms with E-state index in [0.29, 0.717) is 5.82 Å². The van der Waals surface area contributed by atoms with Crippen molar-refractivity contribution in [1.82, 2.24) is 4.98 Å². The summed E-state index contributed by atoms with van der Waals surface area (Å²) in [6.45, 7) is 0. The normalized spacial score (nSPS) is 12.0. The Kier molecular flexibility index (Phi) is 3.64. The van der Waals surface area contributed by atoms with E-state index in [9.17, 15) is 14.7 Å². The molecule has 0 atom stereocenters. The van der Waals surface area contributed by atoms with E-state index in [0.717, 1.165) is 4.90 Å². The van der Waals surface area contributed by atoms with Crippen LogP contribution in [0.25, 0.3) is 10.8 Å². The van der Waals surface area contributed by atoms with E-state index >= 15 is 0 Å². The van der Waals surface area contributed by atoms with Crippen LogP contribution in [0.2, 0.25) is 0 Å². The summed E-state index contributed by atoms with van der Waals surface area (Å²) in [5.41, 5.74) is 1.50. The Morgan fingerprint density at radius 3 is 2.64 bits per heavy atom. The minimum atomic E-state index is -0.591. The average Bonchev–Trinajstić information content (AvgIpc) is 2.78. The quantitative estimate of drug-likeness (QED) is 0.557. The highest BCUT2D eigenvalue weighted by Gasteiger charge is 2.13. The number of fused-ring (bicyclic) bond motifs is 1. The zero-order valence-electron chi connectivity index (χ0n) is 11.5. The van der Waals surface area contributed by atoms with Crippen LogP contribution in [0.15, 0.2) is 56.1 Å². The maximum atomic E-state index is 12.2. The Balaban J connectivity index is 2.08. The standard InChI is InChI=1S/C15H11N3O3S/c1-22-8-5-6-11(16-7-8)17-18-13-14(20)9-3-2-4-10(19)12(9)15(13)21/h2-7,19H,1H3,(H,16,17). The van der Waals surface area contributed by atoms with Gasteiger partial charge in [0.1, 0.15) is 11.6 Å². The molecule has 0 spiro atoms. The Morgan fingerprint density at radius 2 is 2.00 bits per heavy atom. The van der Waals surface area contributed by atoms with Crippen molar-refractivity contribution in [3.05, 3.63) is 62.3 Å². The molecule has 1 heterocycles. The lowest BCUT2D eigenvalue weighted by Gasteiger charge is -1.99. The minimum Gasteiger partial charge on any atom is -0.507 e. The highest BCUT2D eigenvalue weighted by atomic mass is 32.2. The molecular weight excluding hydrogens is 302 g/mol. The van der Waals surface area contributed by atoms with E-state index in [1.54, 1.807) is 24.0 Å². The number of aromatic hydroxyl groups is 1. The molecule has 2 N–H and O–H groups in total. The molecule has 0 aliphatic heterocycles. The zero-order chi connectivity index (χ0) is 15.7. The van der Waals surface area contributed by atoms with Crippen molar-refractivity contribution in [2.75, 3.05) is 11.7 Å². The number of pyridine rings is 1. The van der Waals surface area contributed by atoms with Gasteiger partial charge in [-0.25, -0.2) is 4.98 Å². The summed E-state index contributed by atoms with van der Waals surface area (Å²) in [4.78, 5) is 29.4. The van der Waals surface area contributed by atoms with Gasteiger partial charge in [-0.1, -0.05) is 6.07 Å². The summed E-state index contributed by atoms with van der Waals surface area (Å²) in [5, 5.41) is 13.5. The lowest BCUT2D eigenvalue weighted by atomic mass is 10.2. The fourth-order valence-electron chi connectivity index (χ4n) is 2.10. The lowest BCUT2D eigenvalue weighted by molar-refractivity contribution is 0.481. The monoisotopic (exact) mass is 313 g/mol. The summed E-state index contributed by atoms with van der Waals surface area (Å²) in [6.07, 6.45) is 3.59. The Bertz CT molecular complexity index is 990. The van der Waals surface area contributed by atoms with Gasteiger partial charge in [-0.05, 0) is 30.5 Å². The van der Waals surface area contributed by atoms with Crippen molar-refractivity contribution in [3.8, 4) is 5.75 Å². The van der Waals surface area contributed by atoms with Crippen LogP contribution in [0.5, 0.6) is 5.75 Å². The summed E-state index contributed by atoms with van der Waals surface area (Å²) in [5.74, 6) is 0.203. The molecule has 0 saturated heterocycles. The van der Waals surface area contributed by atoms with Gasteiger partial charge in [0, 0.05) is 16.5 Å². The number of phenols is 1. The summed E-state index contributed by atoms with van der Waals surface area (Å²) in [7, 11) is 0. The molecule has 0 radical (unpaired) electrons. The van der Waals surface area contributed by atoms with Gasteiger partial charge >= 0.3 is 0 Å². The average molecular weight is 313 g/mol. The van der Waals surface area contributed by atoms with Crippen molar-refractivity contribution < 1.29 is 5.11 Å². The first-order chi connectivity index (χ1) is 10.6. The predicted octanol–water partition coefficient (Wildman–Crippen LogP) is 1.19. The van der Waals surface area contributed by atoms with Crippen molar-refractivity contribution in [2.24, 2.45) is 5.10 Å². The second-order valence-corrected chi connectivity index (χ2v) is 5.39. The van der Waals surface area contributed by atoms with Crippen molar-refractivity contribution in [1.29, 1.82) is 0 Å². The first kappa shape index (κ1) is 14.3. The number of hydrogen-bond acceptors (Lipinski definition) is 7. The molecule has 7 heteroatoms. The van der Waals surface area contributed by atoms with Crippen molar-refractivity contribution in [2.45, 2.75) is 4.90 Å². The van der Waals surface area contributed by atoms with Crippen molar-refractivity contribution in [3.63, 3.8) is 0 Å². The Morgan fingerprint density at radius 1 is 1.18 bits per heavy atom. The van der Waals surface area contributed by atoms with Crippen LogP contribution in [0.4, 0.5) is 5.82 Å². The van der Waals surface area contributed by atoms with Crippen LogP contribution in [0, 0.1) is 0 Å². The van der Waals surface area contributed by atoms with Gasteiger partial charge in [0.2, 0.25) is 10.9 Å². The Hall–Kier alpha value is -2.67. The van der Waals surface area contributed by atoms with Gasteiger partial charge in [-0.2, -0.15) is 5.10 Å². The SMILES string of the molecule is CSc1ccc(NN=c2c(=O)c3cccc(O)c3c2=O)nc1. The number of nitrogens with one attached hydrogen (secondary N) is 1. The molecule has 0 bridgehead atoms. The number of anilines is 1. The van der Waals surface area contributed by atoms with Crippen LogP contribution in [-0.4, -0.2) is 16.3 Å². The van der Waals surface area contributed by atoms with Gasteiger partial charge in [0.25, 0.3) is 0 Å². The first-order valence-corrected chi connectivity index (χ1v) is 7.59. The van der Waals surface area contributed by atoms with Gasteiger partial charge in [-0.15, -0.1) is 11.8 Å². The van der Waals surface area contributed by atoms with E-state index in [4.69, 9.17) is 0 Å². The van der Waals surface area contributed by atoms with E-state index < -0.39 is 10.9 Å². The molecule has 0 aliphatic carbocycles. The topological polar surface area (TPSA) is 91.6 Å². The van der Waals surface area contributed by atoms with E-state index in [2.05, 4.69) is 15.5 Å². The third kappa shape index (κ3) is 2.35. The number of nitrogens with zero attached hydrogens (tertiary/aromatic N) is 2. The maximum absolute atomic E-state index is 12.2. The molecule has 0 fully saturated rings. The van der Waals surface area contributed by atoms with Gasteiger partial charge in [0.05, 0.1) is 5.39 Å². The smallest absolute Gasteiger partial charge is 0.221 e. The van der Waals surface area contributed by atoms with Gasteiger partial charge < -0.3 is 5.11 Å². The largest absolute Gasteiger partial charge is 0.507 e. The molecule has 6 nitrogen and oxygen atoms in total. The number of thioether (sulfide) groups is 1. The van der Waals surface area contributed by atoms with E-state index in [-0.39, 0.29) is 21.9 Å². The van der Waals surface area contributed by atoms with Crippen LogP contribution in [-0.2, 0) is 0 Å². The van der Waals surface area contributed by atoms with Gasteiger partial charge in [-0.3, -0.25) is 15.0 Å². The number of aromatic nitrogens is 1. The fraction of sp³-hybridized carbons (Fsp3) is 0.0667.